The molecule has 3 rings (SSSR count). The van der Waals surface area contributed by atoms with Gasteiger partial charge in [0.25, 0.3) is 0 Å². The molecule has 1 aromatic carbocycles. The maximum Gasteiger partial charge on any atom is 0.244 e. The highest BCUT2D eigenvalue weighted by molar-refractivity contribution is 7.20. The zero-order valence-corrected chi connectivity index (χ0v) is 17.2. The molecule has 6 nitrogen and oxygen atoms in total. The van der Waals surface area contributed by atoms with Gasteiger partial charge in [0.05, 0.1) is 5.02 Å². The molecule has 1 aliphatic rings. The molecule has 8 heteroatoms. The molecule has 0 atom stereocenters. The molecule has 1 aromatic heterocycles. The summed E-state index contributed by atoms with van der Waals surface area (Å²) in [5.41, 5.74) is 0. The summed E-state index contributed by atoms with van der Waals surface area (Å²) >= 11 is 7.88. The van der Waals surface area contributed by atoms with Gasteiger partial charge in [-0.25, -0.2) is 0 Å². The number of halogens is 1. The molecule has 1 aliphatic heterocycles. The fraction of sp³-hybridized carbons (Fsp3) is 0.350. The van der Waals surface area contributed by atoms with Crippen LogP contribution < -0.4 is 5.32 Å². The molecule has 2 heterocycles. The van der Waals surface area contributed by atoms with Crippen molar-refractivity contribution in [1.82, 2.24) is 15.1 Å². The first kappa shape index (κ1) is 20.4. The number of thiophene rings is 1. The summed E-state index contributed by atoms with van der Waals surface area (Å²) < 4.78 is 1.07. The predicted molar refractivity (Wildman–Crippen MR) is 112 cm³/mol. The second-order valence-electron chi connectivity index (χ2n) is 6.54. The van der Waals surface area contributed by atoms with Gasteiger partial charge in [-0.1, -0.05) is 29.8 Å². The molecule has 0 unspecified atom stereocenters. The highest BCUT2D eigenvalue weighted by Gasteiger charge is 2.21. The Kier molecular flexibility index (Phi) is 6.70. The number of piperazine rings is 1. The van der Waals surface area contributed by atoms with Crippen LogP contribution in [0.2, 0.25) is 5.02 Å². The Balaban J connectivity index is 1.44. The molecule has 0 bridgehead atoms. The standard InChI is InChI=1S/C20H22ClN3O3S/c1-14(25)23-10-12-24(13-11-23)19(27)8-9-22-18(26)7-6-17-20(21)15-4-2-3-5-16(15)28-17/h2-7H,8-13H2,1H3,(H,22,26). The van der Waals surface area contributed by atoms with Crippen molar-refractivity contribution in [3.05, 3.63) is 40.2 Å². The van der Waals surface area contributed by atoms with Gasteiger partial charge in [-0.3, -0.25) is 14.4 Å². The minimum absolute atomic E-state index is 0.0139. The molecule has 0 aliphatic carbocycles. The van der Waals surface area contributed by atoms with E-state index in [0.717, 1.165) is 15.0 Å². The summed E-state index contributed by atoms with van der Waals surface area (Å²) in [6, 6.07) is 7.82. The van der Waals surface area contributed by atoms with Crippen molar-refractivity contribution in [2.24, 2.45) is 0 Å². The van der Waals surface area contributed by atoms with Gasteiger partial charge in [0, 0.05) is 67.1 Å². The summed E-state index contributed by atoms with van der Waals surface area (Å²) in [7, 11) is 0. The number of rotatable bonds is 5. The molecule has 0 saturated carbocycles. The maximum atomic E-state index is 12.2. The highest BCUT2D eigenvalue weighted by Crippen LogP contribution is 2.35. The molecule has 28 heavy (non-hydrogen) atoms. The van der Waals surface area contributed by atoms with E-state index in [9.17, 15) is 14.4 Å². The van der Waals surface area contributed by atoms with E-state index >= 15 is 0 Å². The van der Waals surface area contributed by atoms with E-state index in [1.54, 1.807) is 15.9 Å². The zero-order valence-electron chi connectivity index (χ0n) is 15.6. The van der Waals surface area contributed by atoms with E-state index in [1.165, 1.54) is 24.3 Å². The number of carbonyl (C=O) groups excluding carboxylic acids is 3. The van der Waals surface area contributed by atoms with Gasteiger partial charge in [-0.15, -0.1) is 11.3 Å². The number of fused-ring (bicyclic) bond motifs is 1. The van der Waals surface area contributed by atoms with Crippen LogP contribution in [0.4, 0.5) is 0 Å². The molecular weight excluding hydrogens is 398 g/mol. The Morgan fingerprint density at radius 3 is 2.50 bits per heavy atom. The Labute approximate surface area is 172 Å². The lowest BCUT2D eigenvalue weighted by Gasteiger charge is -2.34. The largest absolute Gasteiger partial charge is 0.352 e. The Bertz CT molecular complexity index is 917. The van der Waals surface area contributed by atoms with Crippen molar-refractivity contribution in [3.8, 4) is 0 Å². The smallest absolute Gasteiger partial charge is 0.244 e. The lowest BCUT2D eigenvalue weighted by molar-refractivity contribution is -0.138. The number of hydrogen-bond donors (Lipinski definition) is 1. The second kappa shape index (κ2) is 9.21. The zero-order chi connectivity index (χ0) is 20.1. The third kappa shape index (κ3) is 4.91. The van der Waals surface area contributed by atoms with Crippen LogP contribution in [0.15, 0.2) is 30.3 Å². The first-order valence-electron chi connectivity index (χ1n) is 9.12. The van der Waals surface area contributed by atoms with Crippen LogP contribution in [0, 0.1) is 0 Å². The van der Waals surface area contributed by atoms with Gasteiger partial charge in [-0.05, 0) is 12.1 Å². The fourth-order valence-corrected chi connectivity index (χ4v) is 4.47. The monoisotopic (exact) mass is 419 g/mol. The van der Waals surface area contributed by atoms with E-state index in [1.807, 2.05) is 24.3 Å². The van der Waals surface area contributed by atoms with Crippen LogP contribution in [0.5, 0.6) is 0 Å². The molecule has 0 spiro atoms. The Morgan fingerprint density at radius 1 is 1.14 bits per heavy atom. The molecule has 2 aromatic rings. The molecule has 1 saturated heterocycles. The van der Waals surface area contributed by atoms with Crippen molar-refractivity contribution in [2.45, 2.75) is 13.3 Å². The number of nitrogens with zero attached hydrogens (tertiary/aromatic N) is 2. The lowest BCUT2D eigenvalue weighted by Crippen LogP contribution is -2.50. The summed E-state index contributed by atoms with van der Waals surface area (Å²) in [5, 5.41) is 4.35. The van der Waals surface area contributed by atoms with Crippen molar-refractivity contribution in [1.29, 1.82) is 0 Å². The number of nitrogens with one attached hydrogen (secondary N) is 1. The molecule has 1 fully saturated rings. The summed E-state index contributed by atoms with van der Waals surface area (Å²) in [6.45, 7) is 4.01. The third-order valence-electron chi connectivity index (χ3n) is 4.66. The van der Waals surface area contributed by atoms with Gasteiger partial charge < -0.3 is 15.1 Å². The predicted octanol–water partition coefficient (Wildman–Crippen LogP) is 2.76. The first-order valence-corrected chi connectivity index (χ1v) is 10.3. The van der Waals surface area contributed by atoms with Crippen LogP contribution in [0.1, 0.15) is 18.2 Å². The van der Waals surface area contributed by atoms with Crippen LogP contribution in [-0.4, -0.2) is 60.2 Å². The average Bonchev–Trinajstić information content (AvgIpc) is 3.02. The van der Waals surface area contributed by atoms with E-state index in [0.29, 0.717) is 31.2 Å². The number of benzene rings is 1. The van der Waals surface area contributed by atoms with Crippen molar-refractivity contribution >= 4 is 56.8 Å². The minimum atomic E-state index is -0.261. The molecule has 1 N–H and O–H groups in total. The van der Waals surface area contributed by atoms with Crippen LogP contribution in [0.25, 0.3) is 16.2 Å². The van der Waals surface area contributed by atoms with Gasteiger partial charge in [0.1, 0.15) is 0 Å². The number of hydrogen-bond acceptors (Lipinski definition) is 4. The van der Waals surface area contributed by atoms with Crippen LogP contribution in [0.3, 0.4) is 0 Å². The normalized spacial score (nSPS) is 14.6. The van der Waals surface area contributed by atoms with Crippen molar-refractivity contribution in [3.63, 3.8) is 0 Å². The minimum Gasteiger partial charge on any atom is -0.352 e. The van der Waals surface area contributed by atoms with Crippen LogP contribution >= 0.6 is 22.9 Å². The summed E-state index contributed by atoms with van der Waals surface area (Å²) in [6.07, 6.45) is 3.38. The maximum absolute atomic E-state index is 12.2. The van der Waals surface area contributed by atoms with Gasteiger partial charge in [0.15, 0.2) is 0 Å². The van der Waals surface area contributed by atoms with E-state index in [4.69, 9.17) is 11.6 Å². The Morgan fingerprint density at radius 2 is 1.82 bits per heavy atom. The second-order valence-corrected chi connectivity index (χ2v) is 8.00. The van der Waals surface area contributed by atoms with Gasteiger partial charge >= 0.3 is 0 Å². The topological polar surface area (TPSA) is 69.7 Å². The van der Waals surface area contributed by atoms with Crippen molar-refractivity contribution < 1.29 is 14.4 Å². The number of carbonyl (C=O) groups is 3. The van der Waals surface area contributed by atoms with Crippen LogP contribution in [-0.2, 0) is 14.4 Å². The summed E-state index contributed by atoms with van der Waals surface area (Å²) in [4.78, 5) is 39.8. The van der Waals surface area contributed by atoms with Crippen molar-refractivity contribution in [2.75, 3.05) is 32.7 Å². The van der Waals surface area contributed by atoms with Gasteiger partial charge in [-0.2, -0.15) is 0 Å². The lowest BCUT2D eigenvalue weighted by atomic mass is 10.2. The quantitative estimate of drug-likeness (QED) is 0.757. The summed E-state index contributed by atoms with van der Waals surface area (Å²) in [5.74, 6) is -0.243. The Hall–Kier alpha value is -2.38. The molecule has 148 valence electrons. The molecule has 3 amide bonds. The van der Waals surface area contributed by atoms with E-state index in [-0.39, 0.29) is 30.7 Å². The average molecular weight is 420 g/mol. The van der Waals surface area contributed by atoms with E-state index < -0.39 is 0 Å². The van der Waals surface area contributed by atoms with E-state index in [2.05, 4.69) is 5.32 Å². The molecule has 0 radical (unpaired) electrons. The SMILES string of the molecule is CC(=O)N1CCN(C(=O)CCNC(=O)C=Cc2sc3ccccc3c2Cl)CC1. The third-order valence-corrected chi connectivity index (χ3v) is 6.32. The fourth-order valence-electron chi connectivity index (χ4n) is 3.07. The highest BCUT2D eigenvalue weighted by atomic mass is 35.5. The number of amides is 3. The van der Waals surface area contributed by atoms with Gasteiger partial charge in [0.2, 0.25) is 17.7 Å². The first-order chi connectivity index (χ1) is 13.5. The molecular formula is C20H22ClN3O3S.